The zero-order valence-electron chi connectivity index (χ0n) is 13.8. The molecule has 4 nitrogen and oxygen atoms in total. The fourth-order valence-corrected chi connectivity index (χ4v) is 3.44. The average molecular weight is 324 g/mol. The van der Waals surface area contributed by atoms with E-state index in [1.54, 1.807) is 6.20 Å². The molecule has 2 aromatic rings. The average Bonchev–Trinajstić information content (AvgIpc) is 3.08. The number of benzene rings is 1. The van der Waals surface area contributed by atoms with E-state index in [4.69, 9.17) is 0 Å². The molecule has 3 rings (SSSR count). The van der Waals surface area contributed by atoms with Gasteiger partial charge in [-0.3, -0.25) is 9.78 Å². The third kappa shape index (κ3) is 4.01. The van der Waals surface area contributed by atoms with Crippen molar-refractivity contribution in [2.45, 2.75) is 25.2 Å². The number of amides is 1. The van der Waals surface area contributed by atoms with Crippen LogP contribution in [0.2, 0.25) is 0 Å². The number of rotatable bonds is 6. The maximum Gasteiger partial charge on any atom is 0.222 e. The van der Waals surface area contributed by atoms with Crippen molar-refractivity contribution in [1.29, 1.82) is 0 Å². The molecule has 1 aliphatic heterocycles. The highest BCUT2D eigenvalue weighted by Gasteiger charge is 2.36. The van der Waals surface area contributed by atoms with Gasteiger partial charge < -0.3 is 10.0 Å². The molecule has 126 valence electrons. The van der Waals surface area contributed by atoms with Crippen molar-refractivity contribution in [3.05, 3.63) is 66.0 Å². The summed E-state index contributed by atoms with van der Waals surface area (Å²) in [5, 5.41) is 9.66. The Kier molecular flexibility index (Phi) is 5.59. The third-order valence-corrected chi connectivity index (χ3v) is 4.79. The molecule has 1 aromatic carbocycles. The van der Waals surface area contributed by atoms with Gasteiger partial charge in [0.2, 0.25) is 5.91 Å². The summed E-state index contributed by atoms with van der Waals surface area (Å²) in [5.41, 5.74) is 2.24. The fraction of sp³-hybridized carbons (Fsp3) is 0.400. The number of hydrogen-bond acceptors (Lipinski definition) is 3. The Morgan fingerprint density at radius 2 is 1.92 bits per heavy atom. The van der Waals surface area contributed by atoms with Crippen LogP contribution in [0.25, 0.3) is 0 Å². The van der Waals surface area contributed by atoms with Crippen molar-refractivity contribution in [2.24, 2.45) is 5.92 Å². The van der Waals surface area contributed by atoms with Crippen molar-refractivity contribution in [3.63, 3.8) is 0 Å². The molecule has 0 saturated carbocycles. The molecule has 0 bridgehead atoms. The summed E-state index contributed by atoms with van der Waals surface area (Å²) in [6.07, 6.45) is 4.11. The predicted octanol–water partition coefficient (Wildman–Crippen LogP) is 2.64. The number of pyridine rings is 1. The van der Waals surface area contributed by atoms with E-state index in [0.29, 0.717) is 19.5 Å². The van der Waals surface area contributed by atoms with E-state index >= 15 is 0 Å². The van der Waals surface area contributed by atoms with Gasteiger partial charge in [0.05, 0.1) is 0 Å². The van der Waals surface area contributed by atoms with Gasteiger partial charge in [-0.2, -0.15) is 0 Å². The Hall–Kier alpha value is -2.20. The molecule has 0 aliphatic carbocycles. The number of aliphatic hydroxyl groups is 1. The molecular weight excluding hydrogens is 300 g/mol. The summed E-state index contributed by atoms with van der Waals surface area (Å²) in [4.78, 5) is 18.8. The molecule has 1 aromatic heterocycles. The minimum absolute atomic E-state index is 0.0815. The Bertz CT molecular complexity index is 645. The third-order valence-electron chi connectivity index (χ3n) is 4.79. The number of hydrogen-bond donors (Lipinski definition) is 1. The first-order valence-electron chi connectivity index (χ1n) is 8.61. The predicted molar refractivity (Wildman–Crippen MR) is 93.5 cm³/mol. The van der Waals surface area contributed by atoms with Crippen LogP contribution in [0.4, 0.5) is 0 Å². The Labute approximate surface area is 143 Å². The van der Waals surface area contributed by atoms with Gasteiger partial charge in [0.1, 0.15) is 0 Å². The second-order valence-corrected chi connectivity index (χ2v) is 6.44. The first-order chi connectivity index (χ1) is 11.8. The maximum absolute atomic E-state index is 12.5. The number of nitrogens with zero attached hydrogens (tertiary/aromatic N) is 2. The lowest BCUT2D eigenvalue weighted by atomic mass is 9.93. The van der Waals surface area contributed by atoms with Crippen molar-refractivity contribution in [3.8, 4) is 0 Å². The Morgan fingerprint density at radius 3 is 2.62 bits per heavy atom. The van der Waals surface area contributed by atoms with Crippen LogP contribution in [0.5, 0.6) is 0 Å². The minimum atomic E-state index is 0.0815. The van der Waals surface area contributed by atoms with E-state index in [1.165, 1.54) is 5.56 Å². The molecule has 0 radical (unpaired) electrons. The summed E-state index contributed by atoms with van der Waals surface area (Å²) in [6.45, 7) is 1.38. The highest BCUT2D eigenvalue weighted by Crippen LogP contribution is 2.31. The van der Waals surface area contributed by atoms with Crippen molar-refractivity contribution < 1.29 is 9.90 Å². The van der Waals surface area contributed by atoms with Crippen molar-refractivity contribution in [2.75, 3.05) is 19.7 Å². The number of carbonyl (C=O) groups is 1. The monoisotopic (exact) mass is 324 g/mol. The van der Waals surface area contributed by atoms with Gasteiger partial charge in [-0.1, -0.05) is 36.4 Å². The lowest BCUT2D eigenvalue weighted by molar-refractivity contribution is -0.130. The van der Waals surface area contributed by atoms with E-state index < -0.39 is 0 Å². The molecule has 0 spiro atoms. The highest BCUT2D eigenvalue weighted by atomic mass is 16.3. The standard InChI is InChI=1S/C20H24N2O2/c23-15-17-13-22(14-18(17)19-10-4-5-12-21-19)20(24)11-6-9-16-7-2-1-3-8-16/h1-5,7-8,10,12,17-18,23H,6,9,11,13-15H2/t17-,18+/m0/s1. The lowest BCUT2D eigenvalue weighted by Gasteiger charge is -2.16. The number of likely N-dealkylation sites (tertiary alicyclic amines) is 1. The quantitative estimate of drug-likeness (QED) is 0.889. The van der Waals surface area contributed by atoms with E-state index in [0.717, 1.165) is 18.5 Å². The van der Waals surface area contributed by atoms with Crippen LogP contribution < -0.4 is 0 Å². The number of aliphatic hydroxyl groups excluding tert-OH is 1. The zero-order chi connectivity index (χ0) is 16.8. The van der Waals surface area contributed by atoms with E-state index in [1.807, 2.05) is 41.3 Å². The SMILES string of the molecule is O=C(CCCc1ccccc1)N1C[C@@H](CO)[C@H](c2ccccn2)C1. The molecule has 1 N–H and O–H groups in total. The first-order valence-corrected chi connectivity index (χ1v) is 8.61. The van der Waals surface area contributed by atoms with Gasteiger partial charge in [0, 0.05) is 49.8 Å². The molecule has 4 heteroatoms. The van der Waals surface area contributed by atoms with Gasteiger partial charge in [0.15, 0.2) is 0 Å². The Balaban J connectivity index is 1.54. The van der Waals surface area contributed by atoms with Crippen LogP contribution in [0.15, 0.2) is 54.7 Å². The van der Waals surface area contributed by atoms with Gasteiger partial charge in [-0.05, 0) is 30.5 Å². The van der Waals surface area contributed by atoms with Gasteiger partial charge in [0.25, 0.3) is 0 Å². The fourth-order valence-electron chi connectivity index (χ4n) is 3.44. The second kappa shape index (κ2) is 8.06. The van der Waals surface area contributed by atoms with Crippen LogP contribution in [-0.2, 0) is 11.2 Å². The van der Waals surface area contributed by atoms with Crippen LogP contribution >= 0.6 is 0 Å². The molecule has 1 aliphatic rings. The van der Waals surface area contributed by atoms with Gasteiger partial charge in [-0.25, -0.2) is 0 Å². The normalized spacial score (nSPS) is 20.3. The van der Waals surface area contributed by atoms with E-state index in [-0.39, 0.29) is 24.3 Å². The maximum atomic E-state index is 12.5. The van der Waals surface area contributed by atoms with Gasteiger partial charge in [-0.15, -0.1) is 0 Å². The summed E-state index contributed by atoms with van der Waals surface area (Å²) >= 11 is 0. The number of aryl methyl sites for hydroxylation is 1. The van der Waals surface area contributed by atoms with Crippen LogP contribution in [0.1, 0.15) is 30.0 Å². The van der Waals surface area contributed by atoms with Crippen LogP contribution in [0, 0.1) is 5.92 Å². The largest absolute Gasteiger partial charge is 0.396 e. The molecule has 2 heterocycles. The first kappa shape index (κ1) is 16.7. The lowest BCUT2D eigenvalue weighted by Crippen LogP contribution is -2.29. The molecule has 1 fully saturated rings. The second-order valence-electron chi connectivity index (χ2n) is 6.44. The minimum Gasteiger partial charge on any atom is -0.396 e. The molecule has 1 amide bonds. The molecule has 24 heavy (non-hydrogen) atoms. The van der Waals surface area contributed by atoms with E-state index in [9.17, 15) is 9.90 Å². The smallest absolute Gasteiger partial charge is 0.222 e. The van der Waals surface area contributed by atoms with Crippen molar-refractivity contribution in [1.82, 2.24) is 9.88 Å². The highest BCUT2D eigenvalue weighted by molar-refractivity contribution is 5.76. The molecular formula is C20H24N2O2. The number of aromatic nitrogens is 1. The summed E-state index contributed by atoms with van der Waals surface area (Å²) < 4.78 is 0. The van der Waals surface area contributed by atoms with Gasteiger partial charge >= 0.3 is 0 Å². The summed E-state index contributed by atoms with van der Waals surface area (Å²) in [6, 6.07) is 16.1. The molecule has 2 atom stereocenters. The summed E-state index contributed by atoms with van der Waals surface area (Å²) in [5.74, 6) is 0.398. The molecule has 1 saturated heterocycles. The molecule has 0 unspecified atom stereocenters. The van der Waals surface area contributed by atoms with Crippen LogP contribution in [-0.4, -0.2) is 40.6 Å². The van der Waals surface area contributed by atoms with E-state index in [2.05, 4.69) is 17.1 Å². The van der Waals surface area contributed by atoms with Crippen LogP contribution in [0.3, 0.4) is 0 Å². The summed E-state index contributed by atoms with van der Waals surface area (Å²) in [7, 11) is 0. The topological polar surface area (TPSA) is 53.4 Å². The number of carbonyl (C=O) groups excluding carboxylic acids is 1. The van der Waals surface area contributed by atoms with Crippen molar-refractivity contribution >= 4 is 5.91 Å². The zero-order valence-corrected chi connectivity index (χ0v) is 13.8. The Morgan fingerprint density at radius 1 is 1.12 bits per heavy atom.